The number of nitro groups is 1. The fourth-order valence-corrected chi connectivity index (χ4v) is 5.82. The first-order valence-corrected chi connectivity index (χ1v) is 14.6. The monoisotopic (exact) mass is 619 g/mol. The van der Waals surface area contributed by atoms with Crippen molar-refractivity contribution >= 4 is 40.1 Å². The van der Waals surface area contributed by atoms with E-state index in [0.717, 1.165) is 12.0 Å². The third-order valence-corrected chi connectivity index (χ3v) is 8.37. The van der Waals surface area contributed by atoms with Crippen molar-refractivity contribution in [1.82, 2.24) is 20.2 Å². The molecule has 0 fully saturated rings. The third-order valence-electron chi connectivity index (χ3n) is 8.09. The van der Waals surface area contributed by atoms with Crippen LogP contribution in [0.5, 0.6) is 11.5 Å². The number of halogens is 1. The molecule has 0 bridgehead atoms. The van der Waals surface area contributed by atoms with Crippen molar-refractivity contribution in [3.63, 3.8) is 0 Å². The fourth-order valence-electron chi connectivity index (χ4n) is 5.57. The summed E-state index contributed by atoms with van der Waals surface area (Å²) in [6, 6.07) is 12.2. The molecule has 44 heavy (non-hydrogen) atoms. The zero-order valence-electron chi connectivity index (χ0n) is 25.2. The Balaban J connectivity index is 1.34. The minimum Gasteiger partial charge on any atom is -0.493 e. The summed E-state index contributed by atoms with van der Waals surface area (Å²) in [5, 5.41) is 15.2. The van der Waals surface area contributed by atoms with E-state index in [1.807, 2.05) is 18.2 Å². The lowest BCUT2D eigenvalue weighted by atomic mass is 9.76. The largest absolute Gasteiger partial charge is 0.493 e. The minimum absolute atomic E-state index is 0.0394. The van der Waals surface area contributed by atoms with Crippen LogP contribution in [-0.2, 0) is 16.6 Å². The number of amides is 2. The molecule has 230 valence electrons. The maximum absolute atomic E-state index is 13.9. The smallest absolute Gasteiger partial charge is 0.273 e. The van der Waals surface area contributed by atoms with Crippen molar-refractivity contribution in [3.8, 4) is 22.9 Å². The third kappa shape index (κ3) is 5.60. The van der Waals surface area contributed by atoms with Gasteiger partial charge in [-0.05, 0) is 76.0 Å². The molecular weight excluding hydrogens is 586 g/mol. The Morgan fingerprint density at radius 3 is 2.52 bits per heavy atom. The van der Waals surface area contributed by atoms with Gasteiger partial charge in [-0.25, -0.2) is 4.98 Å². The number of carbonyl (C=O) groups excluding carboxylic acids is 2. The first kappa shape index (κ1) is 31.0. The van der Waals surface area contributed by atoms with Crippen molar-refractivity contribution in [2.24, 2.45) is 0 Å². The van der Waals surface area contributed by atoms with Gasteiger partial charge in [0.2, 0.25) is 5.91 Å². The Kier molecular flexibility index (Phi) is 8.62. The van der Waals surface area contributed by atoms with E-state index in [1.165, 1.54) is 11.0 Å². The van der Waals surface area contributed by atoms with Crippen LogP contribution in [-0.4, -0.2) is 65.5 Å². The molecule has 0 saturated carbocycles. The van der Waals surface area contributed by atoms with Crippen molar-refractivity contribution in [3.05, 3.63) is 79.9 Å². The number of rotatable bonds is 11. The molecule has 2 amide bonds. The number of hydrogen-bond donors (Lipinski definition) is 2. The highest BCUT2D eigenvalue weighted by Gasteiger charge is 2.46. The average Bonchev–Trinajstić information content (AvgIpc) is 3.45. The lowest BCUT2D eigenvalue weighted by Crippen LogP contribution is -2.52. The highest BCUT2D eigenvalue weighted by Crippen LogP contribution is 2.41. The Morgan fingerprint density at radius 2 is 1.82 bits per heavy atom. The normalized spacial score (nSPS) is 14.2. The Morgan fingerprint density at radius 1 is 1.07 bits per heavy atom. The van der Waals surface area contributed by atoms with Gasteiger partial charge in [0.1, 0.15) is 11.3 Å². The number of imidazole rings is 1. The summed E-state index contributed by atoms with van der Waals surface area (Å²) in [6.07, 6.45) is 1.33. The molecule has 1 aromatic heterocycles. The molecule has 0 saturated heterocycles. The van der Waals surface area contributed by atoms with E-state index in [9.17, 15) is 19.7 Å². The summed E-state index contributed by atoms with van der Waals surface area (Å²) in [4.78, 5) is 47.6. The number of ether oxygens (including phenoxy) is 2. The molecule has 0 atom stereocenters. The second kappa shape index (κ2) is 12.3. The van der Waals surface area contributed by atoms with E-state index in [1.54, 1.807) is 53.2 Å². The molecule has 0 unspecified atom stereocenters. The first-order chi connectivity index (χ1) is 21.0. The number of nitrogens with zero attached hydrogens (tertiary/aromatic N) is 3. The summed E-state index contributed by atoms with van der Waals surface area (Å²) in [5.41, 5.74) is 2.64. The predicted octanol–water partition coefficient (Wildman–Crippen LogP) is 5.60. The second-order valence-corrected chi connectivity index (χ2v) is 11.7. The van der Waals surface area contributed by atoms with E-state index in [2.05, 4.69) is 15.3 Å². The topological polar surface area (TPSA) is 140 Å². The zero-order valence-corrected chi connectivity index (χ0v) is 26.0. The molecule has 1 aliphatic heterocycles. The van der Waals surface area contributed by atoms with Crippen molar-refractivity contribution < 1.29 is 24.0 Å². The molecule has 2 heterocycles. The number of nitrogens with one attached hydrogen (secondary N) is 2. The number of fused-ring (bicyclic) bond motifs is 3. The SMILES string of the molecule is COc1ccc(CCNCCCN2C(=O)c3c(cc(Cl)c4nc(-c5ccc(C)c([N+](=O)[O-])c5)[nH]c34)C(C)(C)C2=O)cc1OC. The number of H-pyrrole nitrogens is 1. The van der Waals surface area contributed by atoms with Crippen LogP contribution in [0.4, 0.5) is 5.69 Å². The molecular formula is C32H34ClN5O6. The molecule has 3 aromatic carbocycles. The van der Waals surface area contributed by atoms with Gasteiger partial charge in [0, 0.05) is 23.7 Å². The highest BCUT2D eigenvalue weighted by molar-refractivity contribution is 6.36. The number of aryl methyl sites for hydroxylation is 1. The van der Waals surface area contributed by atoms with Gasteiger partial charge >= 0.3 is 0 Å². The second-order valence-electron chi connectivity index (χ2n) is 11.3. The van der Waals surface area contributed by atoms with Gasteiger partial charge < -0.3 is 19.8 Å². The first-order valence-electron chi connectivity index (χ1n) is 14.2. The van der Waals surface area contributed by atoms with Crippen molar-refractivity contribution in [1.29, 1.82) is 0 Å². The summed E-state index contributed by atoms with van der Waals surface area (Å²) in [5.74, 6) is 0.960. The molecule has 5 rings (SSSR count). The molecule has 2 N–H and O–H groups in total. The summed E-state index contributed by atoms with van der Waals surface area (Å²) in [6.45, 7) is 6.76. The van der Waals surface area contributed by atoms with E-state index in [0.29, 0.717) is 70.1 Å². The molecule has 1 aliphatic rings. The van der Waals surface area contributed by atoms with Gasteiger partial charge in [-0.15, -0.1) is 0 Å². The number of aromatic nitrogens is 2. The van der Waals surface area contributed by atoms with Crippen LogP contribution in [0.2, 0.25) is 5.02 Å². The number of imide groups is 1. The summed E-state index contributed by atoms with van der Waals surface area (Å²) < 4.78 is 10.7. The van der Waals surface area contributed by atoms with E-state index < -0.39 is 16.2 Å². The van der Waals surface area contributed by atoms with Gasteiger partial charge in [-0.1, -0.05) is 29.8 Å². The predicted molar refractivity (Wildman–Crippen MR) is 168 cm³/mol. The molecule has 4 aromatic rings. The van der Waals surface area contributed by atoms with Crippen LogP contribution in [0.25, 0.3) is 22.4 Å². The quantitative estimate of drug-likeness (QED) is 0.0957. The highest BCUT2D eigenvalue weighted by atomic mass is 35.5. The zero-order chi connectivity index (χ0) is 31.8. The lowest BCUT2D eigenvalue weighted by Gasteiger charge is -2.37. The maximum atomic E-state index is 13.9. The average molecular weight is 620 g/mol. The van der Waals surface area contributed by atoms with Gasteiger partial charge in [-0.3, -0.25) is 24.6 Å². The van der Waals surface area contributed by atoms with Crippen LogP contribution in [0.3, 0.4) is 0 Å². The van der Waals surface area contributed by atoms with Crippen molar-refractivity contribution in [2.45, 2.75) is 39.0 Å². The Hall–Kier alpha value is -4.48. The van der Waals surface area contributed by atoms with Crippen LogP contribution >= 0.6 is 11.6 Å². The van der Waals surface area contributed by atoms with Crippen LogP contribution in [0.15, 0.2) is 42.5 Å². The number of hydrogen-bond acceptors (Lipinski definition) is 8. The van der Waals surface area contributed by atoms with Crippen LogP contribution in [0, 0.1) is 17.0 Å². The number of benzene rings is 3. The lowest BCUT2D eigenvalue weighted by molar-refractivity contribution is -0.385. The van der Waals surface area contributed by atoms with Gasteiger partial charge in [0.25, 0.3) is 11.6 Å². The van der Waals surface area contributed by atoms with Crippen LogP contribution in [0.1, 0.15) is 47.3 Å². The van der Waals surface area contributed by atoms with Gasteiger partial charge in [-0.2, -0.15) is 0 Å². The van der Waals surface area contributed by atoms with E-state index in [-0.39, 0.29) is 23.2 Å². The minimum atomic E-state index is -1.02. The van der Waals surface area contributed by atoms with Gasteiger partial charge in [0.15, 0.2) is 11.5 Å². The molecule has 0 spiro atoms. The van der Waals surface area contributed by atoms with E-state index >= 15 is 0 Å². The number of methoxy groups -OCH3 is 2. The molecule has 11 nitrogen and oxygen atoms in total. The van der Waals surface area contributed by atoms with Gasteiger partial charge in [0.05, 0.1) is 40.7 Å². The molecule has 0 aliphatic carbocycles. The number of nitro benzene ring substituents is 1. The summed E-state index contributed by atoms with van der Waals surface area (Å²) >= 11 is 6.62. The standard InChI is InChI=1S/C32H34ClN5O6/c1-18-7-9-20(16-23(18)38(41)42)29-35-27-22(33)17-21-26(28(27)36-29)30(39)37(31(40)32(21,2)3)14-6-12-34-13-11-19-8-10-24(43-4)25(15-19)44-5/h7-10,15-17,34H,6,11-14H2,1-5H3,(H,35,36). The van der Waals surface area contributed by atoms with Crippen LogP contribution < -0.4 is 14.8 Å². The maximum Gasteiger partial charge on any atom is 0.273 e. The van der Waals surface area contributed by atoms with E-state index in [4.69, 9.17) is 21.1 Å². The Labute approximate surface area is 259 Å². The fraction of sp³-hybridized carbons (Fsp3) is 0.344. The van der Waals surface area contributed by atoms with Crippen molar-refractivity contribution in [2.75, 3.05) is 33.9 Å². The Bertz CT molecular complexity index is 1780. The molecule has 0 radical (unpaired) electrons. The number of carbonyl (C=O) groups is 2. The number of aromatic amines is 1. The molecule has 12 heteroatoms. The summed E-state index contributed by atoms with van der Waals surface area (Å²) in [7, 11) is 3.20.